The molecule has 0 spiro atoms. The number of halogens is 2. The van der Waals surface area contributed by atoms with Crippen molar-refractivity contribution in [2.45, 2.75) is 6.92 Å². The Bertz CT molecular complexity index is 380. The maximum atomic E-state index is 13.9. The lowest BCUT2D eigenvalue weighted by molar-refractivity contribution is 0.270. The molecule has 0 aliphatic carbocycles. The second kappa shape index (κ2) is 5.10. The van der Waals surface area contributed by atoms with Gasteiger partial charge < -0.3 is 15.5 Å². The molecule has 3 nitrogen and oxygen atoms in total. The van der Waals surface area contributed by atoms with E-state index in [1.54, 1.807) is 6.07 Å². The van der Waals surface area contributed by atoms with Crippen molar-refractivity contribution in [3.63, 3.8) is 0 Å². The lowest BCUT2D eigenvalue weighted by atomic mass is 10.2. The molecule has 0 amide bonds. The molecule has 0 unspecified atom stereocenters. The van der Waals surface area contributed by atoms with Crippen molar-refractivity contribution in [1.82, 2.24) is 4.90 Å². The lowest BCUT2D eigenvalue weighted by Gasteiger charge is -2.36. The van der Waals surface area contributed by atoms with Crippen molar-refractivity contribution in [3.05, 3.63) is 23.0 Å². The van der Waals surface area contributed by atoms with Crippen molar-refractivity contribution in [3.8, 4) is 0 Å². The molecule has 2 rings (SSSR count). The average Bonchev–Trinajstić information content (AvgIpc) is 2.28. The standard InChI is InChI=1S/C12H17ClFN3/c1-2-16-3-5-17(6-4-16)12-10(13)7-9(15)8-11(12)14/h7-8H,2-6,15H2,1H3. The first kappa shape index (κ1) is 12.5. The van der Waals surface area contributed by atoms with E-state index in [0.29, 0.717) is 16.4 Å². The number of likely N-dealkylation sites (N-methyl/N-ethyl adjacent to an activating group) is 1. The molecule has 2 N–H and O–H groups in total. The van der Waals surface area contributed by atoms with E-state index < -0.39 is 0 Å². The van der Waals surface area contributed by atoms with Gasteiger partial charge in [0.05, 0.1) is 10.7 Å². The van der Waals surface area contributed by atoms with Crippen LogP contribution in [0.25, 0.3) is 0 Å². The molecule has 1 fully saturated rings. The Hall–Kier alpha value is -1.00. The summed E-state index contributed by atoms with van der Waals surface area (Å²) in [7, 11) is 0. The number of anilines is 2. The van der Waals surface area contributed by atoms with E-state index in [0.717, 1.165) is 32.7 Å². The van der Waals surface area contributed by atoms with Crippen LogP contribution in [0, 0.1) is 5.82 Å². The van der Waals surface area contributed by atoms with E-state index in [2.05, 4.69) is 11.8 Å². The van der Waals surface area contributed by atoms with Crippen LogP contribution in [0.5, 0.6) is 0 Å². The number of piperazine rings is 1. The summed E-state index contributed by atoms with van der Waals surface area (Å²) in [5.41, 5.74) is 6.40. The zero-order valence-electron chi connectivity index (χ0n) is 9.92. The Balaban J connectivity index is 2.18. The van der Waals surface area contributed by atoms with Gasteiger partial charge in [0.15, 0.2) is 0 Å². The van der Waals surface area contributed by atoms with Gasteiger partial charge in [0.25, 0.3) is 0 Å². The second-order valence-corrected chi connectivity index (χ2v) is 4.66. The van der Waals surface area contributed by atoms with E-state index in [1.807, 2.05) is 4.90 Å². The molecule has 94 valence electrons. The maximum Gasteiger partial charge on any atom is 0.150 e. The predicted octanol–water partition coefficient (Wildman–Crippen LogP) is 2.20. The van der Waals surface area contributed by atoms with Crippen LogP contribution in [0.4, 0.5) is 15.8 Å². The predicted molar refractivity (Wildman–Crippen MR) is 70.1 cm³/mol. The smallest absolute Gasteiger partial charge is 0.150 e. The fourth-order valence-electron chi connectivity index (χ4n) is 2.17. The van der Waals surface area contributed by atoms with Crippen LogP contribution < -0.4 is 10.6 Å². The van der Waals surface area contributed by atoms with Gasteiger partial charge in [0.2, 0.25) is 0 Å². The molecule has 0 saturated carbocycles. The van der Waals surface area contributed by atoms with E-state index in [-0.39, 0.29) is 5.82 Å². The molecule has 1 aliphatic rings. The van der Waals surface area contributed by atoms with Gasteiger partial charge in [-0.15, -0.1) is 0 Å². The highest BCUT2D eigenvalue weighted by Crippen LogP contribution is 2.31. The van der Waals surface area contributed by atoms with Crippen molar-refractivity contribution in [2.75, 3.05) is 43.4 Å². The number of benzene rings is 1. The summed E-state index contributed by atoms with van der Waals surface area (Å²) in [4.78, 5) is 4.32. The zero-order chi connectivity index (χ0) is 12.4. The molecular weight excluding hydrogens is 241 g/mol. The molecular formula is C12H17ClFN3. The van der Waals surface area contributed by atoms with Crippen LogP contribution >= 0.6 is 11.6 Å². The molecule has 5 heteroatoms. The van der Waals surface area contributed by atoms with Crippen LogP contribution in [-0.4, -0.2) is 37.6 Å². The van der Waals surface area contributed by atoms with E-state index in [4.69, 9.17) is 17.3 Å². The van der Waals surface area contributed by atoms with Crippen molar-refractivity contribution in [2.24, 2.45) is 0 Å². The zero-order valence-corrected chi connectivity index (χ0v) is 10.7. The largest absolute Gasteiger partial charge is 0.399 e. The van der Waals surface area contributed by atoms with Gasteiger partial charge in [0.1, 0.15) is 5.82 Å². The Kier molecular flexibility index (Phi) is 3.74. The van der Waals surface area contributed by atoms with Gasteiger partial charge in [-0.1, -0.05) is 18.5 Å². The highest BCUT2D eigenvalue weighted by atomic mass is 35.5. The quantitative estimate of drug-likeness (QED) is 0.825. The van der Waals surface area contributed by atoms with Crippen molar-refractivity contribution >= 4 is 23.0 Å². The molecule has 1 saturated heterocycles. The molecule has 0 atom stereocenters. The number of nitrogens with zero attached hydrogens (tertiary/aromatic N) is 2. The fourth-order valence-corrected chi connectivity index (χ4v) is 2.51. The molecule has 1 heterocycles. The number of nitrogen functional groups attached to an aromatic ring is 1. The summed E-state index contributed by atoms with van der Waals surface area (Å²) < 4.78 is 13.9. The van der Waals surface area contributed by atoms with Crippen molar-refractivity contribution in [1.29, 1.82) is 0 Å². The third-order valence-corrected chi connectivity index (χ3v) is 3.46. The second-order valence-electron chi connectivity index (χ2n) is 4.25. The van der Waals surface area contributed by atoms with Gasteiger partial charge in [-0.25, -0.2) is 4.39 Å². The van der Waals surface area contributed by atoms with Gasteiger partial charge in [-0.05, 0) is 18.7 Å². The summed E-state index contributed by atoms with van der Waals surface area (Å²) in [6.45, 7) is 6.65. The SMILES string of the molecule is CCN1CCN(c2c(F)cc(N)cc2Cl)CC1. The van der Waals surface area contributed by atoms with Gasteiger partial charge in [-0.3, -0.25) is 0 Å². The molecule has 0 bridgehead atoms. The van der Waals surface area contributed by atoms with Gasteiger partial charge >= 0.3 is 0 Å². The lowest BCUT2D eigenvalue weighted by Crippen LogP contribution is -2.46. The Labute approximate surface area is 106 Å². The minimum absolute atomic E-state index is 0.333. The summed E-state index contributed by atoms with van der Waals surface area (Å²) in [5.74, 6) is -0.333. The van der Waals surface area contributed by atoms with E-state index in [1.165, 1.54) is 6.07 Å². The highest BCUT2D eigenvalue weighted by Gasteiger charge is 2.21. The molecule has 1 aromatic rings. The van der Waals surface area contributed by atoms with Crippen LogP contribution in [0.3, 0.4) is 0 Å². The first-order valence-corrected chi connectivity index (χ1v) is 6.21. The van der Waals surface area contributed by atoms with Crippen LogP contribution in [0.15, 0.2) is 12.1 Å². The first-order valence-electron chi connectivity index (χ1n) is 5.83. The highest BCUT2D eigenvalue weighted by molar-refractivity contribution is 6.33. The summed E-state index contributed by atoms with van der Waals surface area (Å²) in [6, 6.07) is 2.93. The number of rotatable bonds is 2. The summed E-state index contributed by atoms with van der Waals surface area (Å²) >= 11 is 6.06. The van der Waals surface area contributed by atoms with Gasteiger partial charge in [-0.2, -0.15) is 0 Å². The van der Waals surface area contributed by atoms with Crippen molar-refractivity contribution < 1.29 is 4.39 Å². The average molecular weight is 258 g/mol. The van der Waals surface area contributed by atoms with Crippen LogP contribution in [0.2, 0.25) is 5.02 Å². The summed E-state index contributed by atoms with van der Waals surface area (Å²) in [6.07, 6.45) is 0. The number of hydrogen-bond donors (Lipinski definition) is 1. The molecule has 1 aromatic carbocycles. The minimum atomic E-state index is -0.333. The summed E-state index contributed by atoms with van der Waals surface area (Å²) in [5, 5.41) is 0.396. The minimum Gasteiger partial charge on any atom is -0.399 e. The Morgan fingerprint density at radius 1 is 1.29 bits per heavy atom. The maximum absolute atomic E-state index is 13.9. The number of nitrogens with two attached hydrogens (primary N) is 1. The normalized spacial score (nSPS) is 17.5. The third-order valence-electron chi connectivity index (χ3n) is 3.17. The Morgan fingerprint density at radius 3 is 2.47 bits per heavy atom. The monoisotopic (exact) mass is 257 g/mol. The fraction of sp³-hybridized carbons (Fsp3) is 0.500. The Morgan fingerprint density at radius 2 is 1.94 bits per heavy atom. The van der Waals surface area contributed by atoms with Crippen LogP contribution in [-0.2, 0) is 0 Å². The van der Waals surface area contributed by atoms with Gasteiger partial charge in [0, 0.05) is 31.9 Å². The van der Waals surface area contributed by atoms with E-state index >= 15 is 0 Å². The first-order chi connectivity index (χ1) is 8.11. The molecule has 0 aromatic heterocycles. The molecule has 17 heavy (non-hydrogen) atoms. The van der Waals surface area contributed by atoms with E-state index in [9.17, 15) is 4.39 Å². The molecule has 1 aliphatic heterocycles. The molecule has 0 radical (unpaired) electrons. The third kappa shape index (κ3) is 2.64. The topological polar surface area (TPSA) is 32.5 Å². The number of hydrogen-bond acceptors (Lipinski definition) is 3. The van der Waals surface area contributed by atoms with Crippen LogP contribution in [0.1, 0.15) is 6.92 Å².